The van der Waals surface area contributed by atoms with Crippen LogP contribution in [0.2, 0.25) is 0 Å². The Kier molecular flexibility index (Phi) is 8.63. The number of esters is 1. The van der Waals surface area contributed by atoms with Crippen molar-refractivity contribution in [3.8, 4) is 0 Å². The molecule has 0 aliphatic carbocycles. The predicted molar refractivity (Wildman–Crippen MR) is 131 cm³/mol. The lowest BCUT2D eigenvalue weighted by molar-refractivity contribution is -0.151. The number of nitrogens with one attached hydrogen (secondary N) is 1. The van der Waals surface area contributed by atoms with Crippen LogP contribution in [0.5, 0.6) is 0 Å². The molecule has 0 aliphatic heterocycles. The molecule has 0 bridgehead atoms. The van der Waals surface area contributed by atoms with E-state index in [-0.39, 0.29) is 30.7 Å². The third kappa shape index (κ3) is 6.92. The van der Waals surface area contributed by atoms with Crippen molar-refractivity contribution in [2.24, 2.45) is 0 Å². The van der Waals surface area contributed by atoms with E-state index in [4.69, 9.17) is 25.7 Å². The molecule has 0 saturated heterocycles. The highest BCUT2D eigenvalue weighted by molar-refractivity contribution is 7.10. The van der Waals surface area contributed by atoms with Crippen LogP contribution in [0.4, 0.5) is 11.8 Å². The molecule has 35 heavy (non-hydrogen) atoms. The number of nitrogens with zero attached hydrogens (tertiary/aromatic N) is 2. The van der Waals surface area contributed by atoms with Crippen molar-refractivity contribution in [3.63, 3.8) is 0 Å². The Balaban J connectivity index is 1.59. The van der Waals surface area contributed by atoms with Gasteiger partial charge in [-0.05, 0) is 45.1 Å². The summed E-state index contributed by atoms with van der Waals surface area (Å²) in [6, 6.07) is 0.729. The number of furan rings is 1. The van der Waals surface area contributed by atoms with Crippen molar-refractivity contribution in [2.45, 2.75) is 64.5 Å². The van der Waals surface area contributed by atoms with E-state index in [1.165, 1.54) is 11.3 Å². The number of ether oxygens (including phenoxy) is 1. The van der Waals surface area contributed by atoms with Crippen LogP contribution in [-0.2, 0) is 27.2 Å². The molecule has 2 unspecified atom stereocenters. The Morgan fingerprint density at radius 3 is 2.74 bits per heavy atom. The molecule has 1 amide bonds. The Hall–Kier alpha value is -3.67. The zero-order valence-corrected chi connectivity index (χ0v) is 20.4. The third-order valence-electron chi connectivity index (χ3n) is 5.47. The molecular formula is C23H29N5O6S. The number of aliphatic carboxylic acids is 1. The lowest BCUT2D eigenvalue weighted by Gasteiger charge is -2.19. The highest BCUT2D eigenvalue weighted by Crippen LogP contribution is 2.27. The minimum Gasteiger partial charge on any atom is -0.481 e. The first kappa shape index (κ1) is 25.9. The van der Waals surface area contributed by atoms with Crippen LogP contribution in [0.15, 0.2) is 22.1 Å². The maximum Gasteiger partial charge on any atom is 0.328 e. The Morgan fingerprint density at radius 2 is 2.03 bits per heavy atom. The van der Waals surface area contributed by atoms with Crippen LogP contribution in [0.1, 0.15) is 60.3 Å². The first-order valence-corrected chi connectivity index (χ1v) is 12.2. The number of thiophene rings is 1. The van der Waals surface area contributed by atoms with E-state index < -0.39 is 23.9 Å². The van der Waals surface area contributed by atoms with E-state index in [1.807, 2.05) is 6.92 Å². The van der Waals surface area contributed by atoms with Crippen LogP contribution in [0, 0.1) is 0 Å². The van der Waals surface area contributed by atoms with Crippen LogP contribution >= 0.6 is 11.3 Å². The minimum absolute atomic E-state index is 0.0511. The van der Waals surface area contributed by atoms with Crippen molar-refractivity contribution < 1.29 is 28.6 Å². The number of carbonyl (C=O) groups excluding carboxylic acids is 2. The fraction of sp³-hybridized carbons (Fsp3) is 0.435. The van der Waals surface area contributed by atoms with Crippen molar-refractivity contribution in [1.29, 1.82) is 0 Å². The van der Waals surface area contributed by atoms with Crippen molar-refractivity contribution in [3.05, 3.63) is 33.7 Å². The first-order chi connectivity index (χ1) is 16.7. The van der Waals surface area contributed by atoms with E-state index in [0.29, 0.717) is 35.9 Å². The Bertz CT molecular complexity index is 1210. The number of carboxylic acid groups (broad SMARTS) is 1. The van der Waals surface area contributed by atoms with E-state index in [2.05, 4.69) is 15.3 Å². The monoisotopic (exact) mass is 503 g/mol. The van der Waals surface area contributed by atoms with Crippen LogP contribution in [-0.4, -0.2) is 45.1 Å². The second-order valence-electron chi connectivity index (χ2n) is 8.18. The van der Waals surface area contributed by atoms with Gasteiger partial charge in [0, 0.05) is 22.2 Å². The number of fused-ring (bicyclic) bond motifs is 1. The summed E-state index contributed by atoms with van der Waals surface area (Å²) in [6.07, 6.45) is 3.71. The summed E-state index contributed by atoms with van der Waals surface area (Å²) in [4.78, 5) is 45.1. The molecule has 0 fully saturated rings. The summed E-state index contributed by atoms with van der Waals surface area (Å²) in [5.41, 5.74) is 13.2. The molecule has 0 aromatic carbocycles. The number of carboxylic acids is 1. The van der Waals surface area contributed by atoms with E-state index >= 15 is 0 Å². The number of hydrogen-bond acceptors (Lipinski definition) is 10. The lowest BCUT2D eigenvalue weighted by Crippen LogP contribution is -2.43. The summed E-state index contributed by atoms with van der Waals surface area (Å²) in [5, 5.41) is 14.0. The standard InChI is InChI=1S/C23H29N5O6S/c1-3-12(2)34-22(32)16(7-8-17(29)30)26-20(31)14-9-15(35-11-14)6-4-5-13-10-33-21-18(13)19(24)27-23(25)28-21/h9-12,16H,3-8H2,1-2H3,(H,26,31)(H,29,30)(H4,24,25,27,28). The van der Waals surface area contributed by atoms with Gasteiger partial charge in [-0.25, -0.2) is 4.79 Å². The molecule has 0 aliphatic rings. The summed E-state index contributed by atoms with van der Waals surface area (Å²) >= 11 is 1.43. The first-order valence-electron chi connectivity index (χ1n) is 11.3. The van der Waals surface area contributed by atoms with E-state index in [1.54, 1.807) is 24.6 Å². The van der Waals surface area contributed by atoms with Gasteiger partial charge < -0.3 is 31.0 Å². The van der Waals surface area contributed by atoms with Gasteiger partial charge in [0.2, 0.25) is 11.7 Å². The van der Waals surface area contributed by atoms with Crippen LogP contribution in [0.25, 0.3) is 11.1 Å². The number of nitrogen functional groups attached to an aromatic ring is 2. The molecule has 0 radical (unpaired) electrons. The van der Waals surface area contributed by atoms with E-state index in [0.717, 1.165) is 16.9 Å². The van der Waals surface area contributed by atoms with Crippen molar-refractivity contribution in [2.75, 3.05) is 11.5 Å². The van der Waals surface area contributed by atoms with Gasteiger partial charge in [-0.3, -0.25) is 9.59 Å². The summed E-state index contributed by atoms with van der Waals surface area (Å²) in [7, 11) is 0. The maximum absolute atomic E-state index is 12.7. The molecule has 188 valence electrons. The molecule has 12 heteroatoms. The lowest BCUT2D eigenvalue weighted by atomic mass is 10.1. The number of aryl methyl sites for hydroxylation is 2. The number of aromatic nitrogens is 2. The number of anilines is 2. The second kappa shape index (κ2) is 11.6. The highest BCUT2D eigenvalue weighted by atomic mass is 32.1. The second-order valence-corrected chi connectivity index (χ2v) is 9.17. The number of hydrogen-bond donors (Lipinski definition) is 4. The third-order valence-corrected chi connectivity index (χ3v) is 6.47. The Morgan fingerprint density at radius 1 is 1.26 bits per heavy atom. The summed E-state index contributed by atoms with van der Waals surface area (Å²) in [5.74, 6) is -1.82. The van der Waals surface area contributed by atoms with Gasteiger partial charge in [-0.2, -0.15) is 9.97 Å². The van der Waals surface area contributed by atoms with Gasteiger partial charge >= 0.3 is 11.9 Å². The number of carbonyl (C=O) groups is 3. The van der Waals surface area contributed by atoms with Gasteiger partial charge in [-0.1, -0.05) is 6.92 Å². The molecule has 2 atom stereocenters. The number of rotatable bonds is 12. The number of nitrogens with two attached hydrogens (primary N) is 2. The highest BCUT2D eigenvalue weighted by Gasteiger charge is 2.25. The molecule has 0 saturated carbocycles. The zero-order valence-electron chi connectivity index (χ0n) is 19.6. The molecular weight excluding hydrogens is 474 g/mol. The van der Waals surface area contributed by atoms with Gasteiger partial charge in [0.05, 0.1) is 23.3 Å². The van der Waals surface area contributed by atoms with Gasteiger partial charge in [0.25, 0.3) is 5.91 Å². The molecule has 11 nitrogen and oxygen atoms in total. The van der Waals surface area contributed by atoms with Gasteiger partial charge in [0.15, 0.2) is 0 Å². The molecule has 0 spiro atoms. The summed E-state index contributed by atoms with van der Waals surface area (Å²) < 4.78 is 10.7. The minimum atomic E-state index is -1.06. The van der Waals surface area contributed by atoms with E-state index in [9.17, 15) is 14.4 Å². The van der Waals surface area contributed by atoms with Crippen LogP contribution < -0.4 is 16.8 Å². The summed E-state index contributed by atoms with van der Waals surface area (Å²) in [6.45, 7) is 3.60. The molecule has 3 rings (SSSR count). The fourth-order valence-electron chi connectivity index (χ4n) is 3.44. The van der Waals surface area contributed by atoms with Gasteiger partial charge in [0.1, 0.15) is 11.9 Å². The molecule has 3 heterocycles. The Labute approximate surface area is 205 Å². The zero-order chi connectivity index (χ0) is 25.5. The molecule has 6 N–H and O–H groups in total. The predicted octanol–water partition coefficient (Wildman–Crippen LogP) is 2.93. The van der Waals surface area contributed by atoms with Crippen molar-refractivity contribution in [1.82, 2.24) is 15.3 Å². The maximum atomic E-state index is 12.7. The SMILES string of the molecule is CCC(C)OC(=O)C(CCC(=O)O)NC(=O)c1csc(CCCc2coc3nc(N)nc(N)c23)c1. The fourth-order valence-corrected chi connectivity index (χ4v) is 4.35. The normalized spacial score (nSPS) is 12.9. The van der Waals surface area contributed by atoms with Crippen molar-refractivity contribution >= 4 is 52.0 Å². The quantitative estimate of drug-likeness (QED) is 0.268. The average molecular weight is 504 g/mol. The topological polar surface area (TPSA) is 184 Å². The molecule has 3 aromatic heterocycles. The van der Waals surface area contributed by atoms with Crippen LogP contribution in [0.3, 0.4) is 0 Å². The average Bonchev–Trinajstić information content (AvgIpc) is 3.43. The largest absolute Gasteiger partial charge is 0.481 e. The smallest absolute Gasteiger partial charge is 0.328 e. The van der Waals surface area contributed by atoms with Gasteiger partial charge in [-0.15, -0.1) is 11.3 Å². The molecule has 3 aromatic rings. The number of amides is 1.